The summed E-state index contributed by atoms with van der Waals surface area (Å²) in [5, 5.41) is 17.0. The van der Waals surface area contributed by atoms with E-state index in [4.69, 9.17) is 14.7 Å². The monoisotopic (exact) mass is 499 g/mol. The molecule has 3 aliphatic rings. The van der Waals surface area contributed by atoms with Gasteiger partial charge in [0, 0.05) is 38.2 Å². The van der Waals surface area contributed by atoms with Crippen molar-refractivity contribution >= 4 is 29.3 Å². The second kappa shape index (κ2) is 11.4. The second-order valence-corrected chi connectivity index (χ2v) is 8.56. The summed E-state index contributed by atoms with van der Waals surface area (Å²) in [6.45, 7) is 4.74. The molecule has 1 atom stereocenters. The zero-order valence-corrected chi connectivity index (χ0v) is 19.0. The van der Waals surface area contributed by atoms with Crippen molar-refractivity contribution in [3.63, 3.8) is 0 Å². The van der Waals surface area contributed by atoms with Gasteiger partial charge in [-0.3, -0.25) is 4.79 Å². The van der Waals surface area contributed by atoms with E-state index in [1.165, 1.54) is 12.8 Å². The molecule has 3 amide bonds. The number of carbonyl (C=O) groups excluding carboxylic acids is 2. The quantitative estimate of drug-likeness (QED) is 0.571. The molecule has 3 heterocycles. The van der Waals surface area contributed by atoms with E-state index < -0.39 is 17.7 Å². The lowest BCUT2D eigenvalue weighted by Crippen LogP contribution is -2.40. The number of carboxylic acids is 1. The molecular formula is C22H28F3N5O5. The summed E-state index contributed by atoms with van der Waals surface area (Å²) in [4.78, 5) is 43.5. The van der Waals surface area contributed by atoms with Gasteiger partial charge >= 0.3 is 18.2 Å². The second-order valence-electron chi connectivity index (χ2n) is 8.56. The Bertz CT molecular complexity index is 937. The third-order valence-corrected chi connectivity index (χ3v) is 5.88. The highest BCUT2D eigenvalue weighted by atomic mass is 19.4. The number of amides is 3. The van der Waals surface area contributed by atoms with Gasteiger partial charge in [-0.1, -0.05) is 23.4 Å². The van der Waals surface area contributed by atoms with Crippen LogP contribution in [0.4, 0.5) is 23.7 Å². The number of oxime groups is 1. The van der Waals surface area contributed by atoms with Crippen LogP contribution in [0.5, 0.6) is 0 Å². The fraction of sp³-hybridized carbons (Fsp3) is 0.545. The highest BCUT2D eigenvalue weighted by molar-refractivity contribution is 6.39. The SMILES string of the molecule is O=C(NCCN1CCCC1)C1=NOC2(CCN(C(=O)Nc3ccccc3)C2)C1.O=C(O)C(F)(F)F. The van der Waals surface area contributed by atoms with Crippen molar-refractivity contribution in [3.8, 4) is 0 Å². The van der Waals surface area contributed by atoms with E-state index in [-0.39, 0.29) is 11.9 Å². The van der Waals surface area contributed by atoms with Crippen molar-refractivity contribution < 1.29 is 37.5 Å². The Morgan fingerprint density at radius 1 is 1.11 bits per heavy atom. The molecule has 0 bridgehead atoms. The summed E-state index contributed by atoms with van der Waals surface area (Å²) in [5.41, 5.74) is 0.609. The summed E-state index contributed by atoms with van der Waals surface area (Å²) in [6.07, 6.45) is -1.49. The molecule has 0 aromatic heterocycles. The summed E-state index contributed by atoms with van der Waals surface area (Å²) in [7, 11) is 0. The number of nitrogens with zero attached hydrogens (tertiary/aromatic N) is 3. The molecule has 1 aromatic rings. The molecule has 1 spiro atoms. The minimum absolute atomic E-state index is 0.157. The lowest BCUT2D eigenvalue weighted by molar-refractivity contribution is -0.192. The fourth-order valence-electron chi connectivity index (χ4n) is 4.04. The molecule has 0 radical (unpaired) electrons. The average molecular weight is 499 g/mol. The number of benzene rings is 1. The largest absolute Gasteiger partial charge is 0.490 e. The topological polar surface area (TPSA) is 124 Å². The molecule has 1 unspecified atom stereocenters. The first-order chi connectivity index (χ1) is 16.6. The van der Waals surface area contributed by atoms with E-state index in [2.05, 4.69) is 20.7 Å². The van der Waals surface area contributed by atoms with Crippen molar-refractivity contribution in [2.24, 2.45) is 5.16 Å². The molecule has 4 rings (SSSR count). The number of urea groups is 1. The van der Waals surface area contributed by atoms with Crippen LogP contribution in [0.1, 0.15) is 25.7 Å². The molecule has 3 N–H and O–H groups in total. The summed E-state index contributed by atoms with van der Waals surface area (Å²) in [6, 6.07) is 9.21. The minimum Gasteiger partial charge on any atom is -0.475 e. The molecule has 1 aromatic carbocycles. The highest BCUT2D eigenvalue weighted by Gasteiger charge is 2.48. The van der Waals surface area contributed by atoms with Crippen LogP contribution in [0.25, 0.3) is 0 Å². The number of alkyl halides is 3. The van der Waals surface area contributed by atoms with Crippen LogP contribution >= 0.6 is 0 Å². The van der Waals surface area contributed by atoms with E-state index in [0.29, 0.717) is 38.2 Å². The van der Waals surface area contributed by atoms with E-state index in [0.717, 1.165) is 25.3 Å². The first kappa shape index (κ1) is 26.3. The van der Waals surface area contributed by atoms with E-state index in [1.54, 1.807) is 4.90 Å². The van der Waals surface area contributed by atoms with Crippen LogP contribution in [0.15, 0.2) is 35.5 Å². The Labute approximate surface area is 200 Å². The zero-order chi connectivity index (χ0) is 25.5. The van der Waals surface area contributed by atoms with Gasteiger partial charge in [-0.15, -0.1) is 0 Å². The van der Waals surface area contributed by atoms with Gasteiger partial charge in [0.2, 0.25) is 0 Å². The van der Waals surface area contributed by atoms with Gasteiger partial charge in [0.15, 0.2) is 5.60 Å². The first-order valence-corrected chi connectivity index (χ1v) is 11.2. The number of para-hydroxylation sites is 1. The molecule has 10 nitrogen and oxygen atoms in total. The highest BCUT2D eigenvalue weighted by Crippen LogP contribution is 2.34. The Kier molecular flexibility index (Phi) is 8.54. The number of rotatable bonds is 5. The number of hydrogen-bond donors (Lipinski definition) is 3. The number of carbonyl (C=O) groups is 3. The zero-order valence-electron chi connectivity index (χ0n) is 19.0. The van der Waals surface area contributed by atoms with E-state index in [9.17, 15) is 22.8 Å². The lowest BCUT2D eigenvalue weighted by atomic mass is 9.96. The maximum atomic E-state index is 12.5. The smallest absolute Gasteiger partial charge is 0.475 e. The number of nitrogens with one attached hydrogen (secondary N) is 2. The van der Waals surface area contributed by atoms with Gasteiger partial charge in [0.1, 0.15) is 5.71 Å². The van der Waals surface area contributed by atoms with Crippen LogP contribution < -0.4 is 10.6 Å². The maximum absolute atomic E-state index is 12.5. The van der Waals surface area contributed by atoms with Crippen LogP contribution in [-0.2, 0) is 14.4 Å². The lowest BCUT2D eigenvalue weighted by Gasteiger charge is -2.22. The molecule has 13 heteroatoms. The van der Waals surface area contributed by atoms with Crippen molar-refractivity contribution in [2.45, 2.75) is 37.5 Å². The van der Waals surface area contributed by atoms with Crippen molar-refractivity contribution in [1.82, 2.24) is 15.1 Å². The molecule has 0 saturated carbocycles. The molecule has 192 valence electrons. The number of carboxylic acid groups (broad SMARTS) is 1. The van der Waals surface area contributed by atoms with Gasteiger partial charge in [0.05, 0.1) is 6.54 Å². The summed E-state index contributed by atoms with van der Waals surface area (Å²) >= 11 is 0. The fourth-order valence-corrected chi connectivity index (χ4v) is 4.04. The molecule has 2 fully saturated rings. The molecule has 2 saturated heterocycles. The third kappa shape index (κ3) is 7.57. The number of aliphatic carboxylic acids is 1. The van der Waals surface area contributed by atoms with Gasteiger partial charge in [0.25, 0.3) is 5.91 Å². The standard InChI is InChI=1S/C20H27N5O3.C2HF3O2/c26-18(21-9-13-24-10-4-5-11-24)17-14-20(28-23-17)8-12-25(15-20)19(27)22-16-6-2-1-3-7-16;3-2(4,5)1(6)7/h1-3,6-7H,4-5,8-15H2,(H,21,26)(H,22,27);(H,6,7). The van der Waals surface area contributed by atoms with Gasteiger partial charge in [-0.05, 0) is 38.1 Å². The number of likely N-dealkylation sites (tertiary alicyclic amines) is 2. The van der Waals surface area contributed by atoms with Crippen LogP contribution in [-0.4, -0.2) is 89.6 Å². The summed E-state index contributed by atoms with van der Waals surface area (Å²) < 4.78 is 31.7. The molecular weight excluding hydrogens is 471 g/mol. The number of halogens is 3. The number of hydrogen-bond acceptors (Lipinski definition) is 6. The Hall–Kier alpha value is -3.35. The molecule has 35 heavy (non-hydrogen) atoms. The first-order valence-electron chi connectivity index (χ1n) is 11.2. The maximum Gasteiger partial charge on any atom is 0.490 e. The predicted octanol–water partition coefficient (Wildman–Crippen LogP) is 2.28. The molecule has 0 aliphatic carbocycles. The molecule has 3 aliphatic heterocycles. The Morgan fingerprint density at radius 3 is 2.40 bits per heavy atom. The van der Waals surface area contributed by atoms with Crippen LogP contribution in [0.3, 0.4) is 0 Å². The predicted molar refractivity (Wildman–Crippen MR) is 120 cm³/mol. The van der Waals surface area contributed by atoms with Gasteiger partial charge in [-0.25, -0.2) is 9.59 Å². The van der Waals surface area contributed by atoms with Crippen molar-refractivity contribution in [2.75, 3.05) is 44.6 Å². The minimum atomic E-state index is -5.08. The third-order valence-electron chi connectivity index (χ3n) is 5.88. The van der Waals surface area contributed by atoms with Gasteiger partial charge < -0.3 is 30.4 Å². The Balaban J connectivity index is 0.000000429. The number of anilines is 1. The average Bonchev–Trinajstić information content (AvgIpc) is 3.57. The summed E-state index contributed by atoms with van der Waals surface area (Å²) in [5.74, 6) is -2.92. The van der Waals surface area contributed by atoms with E-state index >= 15 is 0 Å². The van der Waals surface area contributed by atoms with E-state index in [1.807, 2.05) is 30.3 Å². The van der Waals surface area contributed by atoms with Crippen molar-refractivity contribution in [1.29, 1.82) is 0 Å². The normalized spacial score (nSPS) is 21.7. The van der Waals surface area contributed by atoms with Crippen LogP contribution in [0.2, 0.25) is 0 Å². The Morgan fingerprint density at radius 2 is 1.77 bits per heavy atom. The van der Waals surface area contributed by atoms with Crippen LogP contribution in [0, 0.1) is 0 Å². The van der Waals surface area contributed by atoms with Gasteiger partial charge in [-0.2, -0.15) is 13.2 Å². The van der Waals surface area contributed by atoms with Crippen molar-refractivity contribution in [3.05, 3.63) is 30.3 Å².